The van der Waals surface area contributed by atoms with E-state index in [1.165, 1.54) is 5.56 Å². The number of hydrogen-bond donors (Lipinski definition) is 0. The van der Waals surface area contributed by atoms with Gasteiger partial charge in [-0.05, 0) is 24.0 Å². The minimum atomic E-state index is 0.297. The average Bonchev–Trinajstić information content (AvgIpc) is 2.23. The lowest BCUT2D eigenvalue weighted by molar-refractivity contribution is -0.113. The van der Waals surface area contributed by atoms with Crippen LogP contribution in [0.2, 0.25) is 0 Å². The average molecular weight is 186 g/mol. The maximum Gasteiger partial charge on any atom is 0.163 e. The van der Waals surface area contributed by atoms with Gasteiger partial charge in [0.1, 0.15) is 0 Å². The van der Waals surface area contributed by atoms with E-state index in [2.05, 4.69) is 13.0 Å². The Labute approximate surface area is 84.5 Å². The molecule has 1 aromatic carbocycles. The van der Waals surface area contributed by atoms with Gasteiger partial charge in [-0.3, -0.25) is 4.79 Å². The molecule has 0 saturated heterocycles. The number of carbonyl (C=O) groups is 1. The molecule has 0 radical (unpaired) electrons. The second kappa shape index (κ2) is 3.79. The Balaban J connectivity index is 2.52. The zero-order chi connectivity index (χ0) is 9.97. The minimum Gasteiger partial charge on any atom is -0.294 e. The molecule has 0 bridgehead atoms. The summed E-state index contributed by atoms with van der Waals surface area (Å²) in [5.41, 5.74) is 3.38. The van der Waals surface area contributed by atoms with E-state index >= 15 is 0 Å². The molecule has 1 heteroatoms. The van der Waals surface area contributed by atoms with E-state index in [1.54, 1.807) is 0 Å². The predicted octanol–water partition coefficient (Wildman–Crippen LogP) is 3.00. The first-order chi connectivity index (χ1) is 6.83. The van der Waals surface area contributed by atoms with Gasteiger partial charge in [0.15, 0.2) is 5.78 Å². The second-order valence-corrected chi connectivity index (χ2v) is 3.61. The molecule has 0 saturated carbocycles. The van der Waals surface area contributed by atoms with Gasteiger partial charge in [0, 0.05) is 12.0 Å². The quantitative estimate of drug-likeness (QED) is 0.616. The van der Waals surface area contributed by atoms with Crippen molar-refractivity contribution in [1.29, 1.82) is 0 Å². The Morgan fingerprint density at radius 1 is 1.29 bits per heavy atom. The number of Topliss-reactive ketones (excluding diaryl/α,β-unsaturated/α-hetero) is 1. The summed E-state index contributed by atoms with van der Waals surface area (Å²) >= 11 is 0. The maximum absolute atomic E-state index is 11.7. The third-order valence-corrected chi connectivity index (χ3v) is 2.64. The van der Waals surface area contributed by atoms with Crippen molar-refractivity contribution < 1.29 is 4.79 Å². The Hall–Kier alpha value is -1.37. The molecule has 0 N–H and O–H groups in total. The molecule has 0 atom stereocenters. The molecule has 0 fully saturated rings. The zero-order valence-electron chi connectivity index (χ0n) is 8.42. The smallest absolute Gasteiger partial charge is 0.163 e. The van der Waals surface area contributed by atoms with Crippen molar-refractivity contribution in [3.63, 3.8) is 0 Å². The Morgan fingerprint density at radius 2 is 2.07 bits per heavy atom. The normalized spacial score (nSPS) is 18.4. The highest BCUT2D eigenvalue weighted by molar-refractivity contribution is 6.22. The molecule has 0 unspecified atom stereocenters. The van der Waals surface area contributed by atoms with Crippen molar-refractivity contribution >= 4 is 11.4 Å². The van der Waals surface area contributed by atoms with Gasteiger partial charge in [-0.2, -0.15) is 0 Å². The van der Waals surface area contributed by atoms with Crippen LogP contribution < -0.4 is 0 Å². The van der Waals surface area contributed by atoms with E-state index in [9.17, 15) is 4.79 Å². The van der Waals surface area contributed by atoms with Crippen molar-refractivity contribution in [2.24, 2.45) is 0 Å². The fourth-order valence-corrected chi connectivity index (χ4v) is 1.96. The van der Waals surface area contributed by atoms with E-state index in [0.717, 1.165) is 24.0 Å². The van der Waals surface area contributed by atoms with Crippen molar-refractivity contribution in [1.82, 2.24) is 0 Å². The SMILES string of the molecule is CCC=C1C(=O)CCc2ccccc21. The highest BCUT2D eigenvalue weighted by Gasteiger charge is 2.19. The van der Waals surface area contributed by atoms with E-state index in [4.69, 9.17) is 0 Å². The number of aryl methyl sites for hydroxylation is 1. The first kappa shape index (κ1) is 9.20. The van der Waals surface area contributed by atoms with Crippen molar-refractivity contribution in [3.05, 3.63) is 41.5 Å². The zero-order valence-corrected chi connectivity index (χ0v) is 8.42. The molecule has 0 heterocycles. The molecule has 1 aromatic rings. The standard InChI is InChI=1S/C13H14O/c1-2-5-12-11-7-4-3-6-10(11)8-9-13(12)14/h3-7H,2,8-9H2,1H3. The summed E-state index contributed by atoms with van der Waals surface area (Å²) in [4.78, 5) is 11.7. The number of ketones is 1. The van der Waals surface area contributed by atoms with Crippen LogP contribution in [0.5, 0.6) is 0 Å². The van der Waals surface area contributed by atoms with E-state index in [1.807, 2.05) is 24.3 Å². The molecule has 14 heavy (non-hydrogen) atoms. The van der Waals surface area contributed by atoms with E-state index < -0.39 is 0 Å². The summed E-state index contributed by atoms with van der Waals surface area (Å²) in [6.07, 6.45) is 4.54. The summed E-state index contributed by atoms with van der Waals surface area (Å²) in [6, 6.07) is 8.21. The van der Waals surface area contributed by atoms with Gasteiger partial charge in [0.05, 0.1) is 0 Å². The lowest BCUT2D eigenvalue weighted by Crippen LogP contribution is -2.12. The molecule has 0 spiro atoms. The highest BCUT2D eigenvalue weighted by Crippen LogP contribution is 2.28. The Morgan fingerprint density at radius 3 is 2.86 bits per heavy atom. The fourth-order valence-electron chi connectivity index (χ4n) is 1.96. The summed E-state index contributed by atoms with van der Waals surface area (Å²) < 4.78 is 0. The Bertz CT molecular complexity index is 388. The van der Waals surface area contributed by atoms with Crippen LogP contribution in [0, 0.1) is 0 Å². The van der Waals surface area contributed by atoms with Crippen LogP contribution in [0.1, 0.15) is 30.9 Å². The van der Waals surface area contributed by atoms with Gasteiger partial charge in [-0.15, -0.1) is 0 Å². The molecule has 1 aliphatic carbocycles. The number of fused-ring (bicyclic) bond motifs is 1. The van der Waals surface area contributed by atoms with Crippen LogP contribution in [0.25, 0.3) is 5.57 Å². The van der Waals surface area contributed by atoms with Crippen LogP contribution in [-0.4, -0.2) is 5.78 Å². The van der Waals surface area contributed by atoms with Crippen LogP contribution in [0.4, 0.5) is 0 Å². The highest BCUT2D eigenvalue weighted by atomic mass is 16.1. The number of carbonyl (C=O) groups excluding carboxylic acids is 1. The van der Waals surface area contributed by atoms with Gasteiger partial charge < -0.3 is 0 Å². The number of rotatable bonds is 1. The van der Waals surface area contributed by atoms with E-state index in [0.29, 0.717) is 12.2 Å². The molecule has 0 amide bonds. The molecular weight excluding hydrogens is 172 g/mol. The summed E-state index contributed by atoms with van der Waals surface area (Å²) in [5, 5.41) is 0. The van der Waals surface area contributed by atoms with Crippen LogP contribution >= 0.6 is 0 Å². The molecule has 2 rings (SSSR count). The fraction of sp³-hybridized carbons (Fsp3) is 0.308. The van der Waals surface area contributed by atoms with E-state index in [-0.39, 0.29) is 0 Å². The molecule has 0 aliphatic heterocycles. The number of allylic oxidation sites excluding steroid dienone is 2. The summed E-state index contributed by atoms with van der Waals surface area (Å²) in [5.74, 6) is 0.297. The van der Waals surface area contributed by atoms with Crippen LogP contribution in [-0.2, 0) is 11.2 Å². The predicted molar refractivity (Wildman–Crippen MR) is 58.0 cm³/mol. The third-order valence-electron chi connectivity index (χ3n) is 2.64. The van der Waals surface area contributed by atoms with Gasteiger partial charge in [-0.25, -0.2) is 0 Å². The number of hydrogen-bond acceptors (Lipinski definition) is 1. The summed E-state index contributed by atoms with van der Waals surface area (Å²) in [7, 11) is 0. The van der Waals surface area contributed by atoms with Gasteiger partial charge in [0.25, 0.3) is 0 Å². The van der Waals surface area contributed by atoms with Crippen LogP contribution in [0.15, 0.2) is 30.3 Å². The van der Waals surface area contributed by atoms with Crippen molar-refractivity contribution in [2.45, 2.75) is 26.2 Å². The van der Waals surface area contributed by atoms with Gasteiger partial charge in [-0.1, -0.05) is 37.3 Å². The molecule has 72 valence electrons. The molecular formula is C13H14O. The summed E-state index contributed by atoms with van der Waals surface area (Å²) in [6.45, 7) is 2.07. The molecule has 1 aliphatic rings. The largest absolute Gasteiger partial charge is 0.294 e. The minimum absolute atomic E-state index is 0.297. The monoisotopic (exact) mass is 186 g/mol. The Kier molecular flexibility index (Phi) is 2.49. The lowest BCUT2D eigenvalue weighted by atomic mass is 9.86. The lowest BCUT2D eigenvalue weighted by Gasteiger charge is -2.17. The molecule has 0 aromatic heterocycles. The number of benzene rings is 1. The molecule has 1 nitrogen and oxygen atoms in total. The topological polar surface area (TPSA) is 17.1 Å². The van der Waals surface area contributed by atoms with Crippen LogP contribution in [0.3, 0.4) is 0 Å². The van der Waals surface area contributed by atoms with Crippen molar-refractivity contribution in [3.8, 4) is 0 Å². The van der Waals surface area contributed by atoms with Gasteiger partial charge in [0.2, 0.25) is 0 Å². The second-order valence-electron chi connectivity index (χ2n) is 3.61. The first-order valence-corrected chi connectivity index (χ1v) is 5.14. The first-order valence-electron chi connectivity index (χ1n) is 5.14. The third kappa shape index (κ3) is 1.50. The van der Waals surface area contributed by atoms with Gasteiger partial charge >= 0.3 is 0 Å². The van der Waals surface area contributed by atoms with Crippen molar-refractivity contribution in [2.75, 3.05) is 0 Å². The maximum atomic E-state index is 11.7.